The Morgan fingerprint density at radius 2 is 2.19 bits per heavy atom. The van der Waals surface area contributed by atoms with Crippen LogP contribution in [0.3, 0.4) is 0 Å². The summed E-state index contributed by atoms with van der Waals surface area (Å²) in [6.07, 6.45) is 2.17. The second-order valence-electron chi connectivity index (χ2n) is 2.88. The van der Waals surface area contributed by atoms with E-state index in [0.29, 0.717) is 0 Å². The summed E-state index contributed by atoms with van der Waals surface area (Å²) in [7, 11) is 0. The van der Waals surface area contributed by atoms with Crippen LogP contribution in [0.2, 0.25) is 0 Å². The van der Waals surface area contributed by atoms with Crippen molar-refractivity contribution in [2.45, 2.75) is 6.92 Å². The summed E-state index contributed by atoms with van der Waals surface area (Å²) in [5, 5.41) is 9.20. The van der Waals surface area contributed by atoms with Gasteiger partial charge in [-0.1, -0.05) is 0 Å². The Kier molecular flexibility index (Phi) is 3.99. The third-order valence-corrected chi connectivity index (χ3v) is 1.79. The van der Waals surface area contributed by atoms with Crippen LogP contribution in [-0.4, -0.2) is 17.7 Å². The molecule has 0 bridgehead atoms. The average molecular weight is 228 g/mol. The molecular weight excluding hydrogens is 218 g/mol. The van der Waals surface area contributed by atoms with Crippen molar-refractivity contribution in [3.05, 3.63) is 35.4 Å². The summed E-state index contributed by atoms with van der Waals surface area (Å²) in [5.41, 5.74) is 0.00644. The van der Waals surface area contributed by atoms with E-state index in [1.165, 1.54) is 0 Å². The Bertz CT molecular complexity index is 427. The van der Waals surface area contributed by atoms with E-state index in [9.17, 15) is 18.7 Å². The van der Waals surface area contributed by atoms with Gasteiger partial charge in [-0.05, 0) is 25.1 Å². The second kappa shape index (κ2) is 5.25. The number of esters is 1. The van der Waals surface area contributed by atoms with Crippen LogP contribution in [0.25, 0.3) is 6.08 Å². The van der Waals surface area contributed by atoms with Gasteiger partial charge in [0.15, 0.2) is 11.6 Å². The molecule has 1 rings (SSSR count). The SMILES string of the molecule is CCOC(=O)/C=C/c1ccc(F)c(F)c1O. The van der Waals surface area contributed by atoms with Crippen molar-refractivity contribution in [1.29, 1.82) is 0 Å². The maximum absolute atomic E-state index is 12.9. The van der Waals surface area contributed by atoms with Crippen LogP contribution in [0.15, 0.2) is 18.2 Å². The van der Waals surface area contributed by atoms with E-state index >= 15 is 0 Å². The minimum absolute atomic E-state index is 0.00644. The average Bonchev–Trinajstić information content (AvgIpc) is 2.25. The van der Waals surface area contributed by atoms with Gasteiger partial charge in [-0.25, -0.2) is 9.18 Å². The molecule has 0 aromatic heterocycles. The van der Waals surface area contributed by atoms with Crippen LogP contribution < -0.4 is 0 Å². The zero-order valence-electron chi connectivity index (χ0n) is 8.54. The summed E-state index contributed by atoms with van der Waals surface area (Å²) >= 11 is 0. The zero-order valence-corrected chi connectivity index (χ0v) is 8.54. The smallest absolute Gasteiger partial charge is 0.330 e. The molecule has 3 nitrogen and oxygen atoms in total. The van der Waals surface area contributed by atoms with E-state index < -0.39 is 23.4 Å². The molecule has 5 heteroatoms. The highest BCUT2D eigenvalue weighted by atomic mass is 19.2. The maximum Gasteiger partial charge on any atom is 0.330 e. The van der Waals surface area contributed by atoms with Gasteiger partial charge in [0.25, 0.3) is 0 Å². The van der Waals surface area contributed by atoms with Gasteiger partial charge in [0.1, 0.15) is 0 Å². The Morgan fingerprint density at radius 3 is 2.81 bits per heavy atom. The van der Waals surface area contributed by atoms with Crippen molar-refractivity contribution < 1.29 is 23.4 Å². The number of rotatable bonds is 3. The van der Waals surface area contributed by atoms with Gasteiger partial charge < -0.3 is 9.84 Å². The fourth-order valence-electron chi connectivity index (χ4n) is 1.04. The quantitative estimate of drug-likeness (QED) is 0.637. The highest BCUT2D eigenvalue weighted by Gasteiger charge is 2.10. The molecule has 1 aromatic rings. The molecule has 0 aliphatic rings. The number of hydrogen-bond donors (Lipinski definition) is 1. The fourth-order valence-corrected chi connectivity index (χ4v) is 1.04. The third-order valence-electron chi connectivity index (χ3n) is 1.79. The van der Waals surface area contributed by atoms with Crippen LogP contribution in [0, 0.1) is 11.6 Å². The van der Waals surface area contributed by atoms with E-state index in [0.717, 1.165) is 24.3 Å². The number of hydrogen-bond acceptors (Lipinski definition) is 3. The van der Waals surface area contributed by atoms with E-state index in [4.69, 9.17) is 0 Å². The lowest BCUT2D eigenvalue weighted by Crippen LogP contribution is -1.98. The van der Waals surface area contributed by atoms with Gasteiger partial charge in [-0.2, -0.15) is 4.39 Å². The monoisotopic (exact) mass is 228 g/mol. The molecule has 0 spiro atoms. The van der Waals surface area contributed by atoms with Crippen LogP contribution in [-0.2, 0) is 9.53 Å². The molecule has 0 heterocycles. The Hall–Kier alpha value is -1.91. The molecule has 0 unspecified atom stereocenters. The largest absolute Gasteiger partial charge is 0.504 e. The van der Waals surface area contributed by atoms with Crippen molar-refractivity contribution >= 4 is 12.0 Å². The molecule has 16 heavy (non-hydrogen) atoms. The van der Waals surface area contributed by atoms with E-state index in [-0.39, 0.29) is 12.2 Å². The van der Waals surface area contributed by atoms with Gasteiger partial charge >= 0.3 is 5.97 Å². The van der Waals surface area contributed by atoms with Crippen molar-refractivity contribution in [3.63, 3.8) is 0 Å². The molecule has 0 radical (unpaired) electrons. The number of phenols is 1. The highest BCUT2D eigenvalue weighted by Crippen LogP contribution is 2.24. The molecule has 0 aliphatic carbocycles. The lowest BCUT2D eigenvalue weighted by Gasteiger charge is -2.01. The first-order valence-electron chi connectivity index (χ1n) is 4.58. The first-order chi connectivity index (χ1) is 7.56. The molecule has 0 aliphatic heterocycles. The lowest BCUT2D eigenvalue weighted by atomic mass is 10.1. The van der Waals surface area contributed by atoms with E-state index in [1.54, 1.807) is 6.92 Å². The minimum atomic E-state index is -1.34. The van der Waals surface area contributed by atoms with Crippen molar-refractivity contribution in [2.24, 2.45) is 0 Å². The maximum atomic E-state index is 12.9. The number of halogens is 2. The predicted molar refractivity (Wildman–Crippen MR) is 53.7 cm³/mol. The molecule has 1 aromatic carbocycles. The third kappa shape index (κ3) is 2.79. The van der Waals surface area contributed by atoms with Crippen molar-refractivity contribution in [3.8, 4) is 5.75 Å². The van der Waals surface area contributed by atoms with Crippen LogP contribution in [0.1, 0.15) is 12.5 Å². The van der Waals surface area contributed by atoms with E-state index in [1.807, 2.05) is 0 Å². The Labute approximate surface area is 91.0 Å². The number of aromatic hydroxyl groups is 1. The molecular formula is C11H10F2O3. The van der Waals surface area contributed by atoms with Crippen LogP contribution in [0.4, 0.5) is 8.78 Å². The number of carbonyl (C=O) groups excluding carboxylic acids is 1. The standard InChI is InChI=1S/C11H10F2O3/c1-2-16-9(14)6-4-7-3-5-8(12)10(13)11(7)15/h3-6,15H,2H2,1H3/b6-4+. The topological polar surface area (TPSA) is 46.5 Å². The molecule has 1 N–H and O–H groups in total. The summed E-state index contributed by atoms with van der Waals surface area (Å²) in [4.78, 5) is 10.9. The number of benzene rings is 1. The van der Waals surface area contributed by atoms with Crippen molar-refractivity contribution in [2.75, 3.05) is 6.61 Å². The molecule has 86 valence electrons. The Morgan fingerprint density at radius 1 is 1.50 bits per heavy atom. The summed E-state index contributed by atoms with van der Waals surface area (Å²) in [5.74, 6) is -3.94. The number of phenolic OH excluding ortho intramolecular Hbond substituents is 1. The summed E-state index contributed by atoms with van der Waals surface area (Å²) < 4.78 is 30.1. The van der Waals surface area contributed by atoms with Gasteiger partial charge in [-0.15, -0.1) is 0 Å². The number of ether oxygens (including phenoxy) is 1. The van der Waals surface area contributed by atoms with Gasteiger partial charge in [0.2, 0.25) is 5.82 Å². The summed E-state index contributed by atoms with van der Waals surface area (Å²) in [6.45, 7) is 1.85. The lowest BCUT2D eigenvalue weighted by molar-refractivity contribution is -0.137. The molecule has 0 saturated carbocycles. The molecule has 0 atom stereocenters. The molecule has 0 amide bonds. The zero-order chi connectivity index (χ0) is 12.1. The molecule has 0 fully saturated rings. The summed E-state index contributed by atoms with van der Waals surface area (Å²) in [6, 6.07) is 2.02. The first-order valence-corrected chi connectivity index (χ1v) is 4.58. The van der Waals surface area contributed by atoms with E-state index in [2.05, 4.69) is 4.74 Å². The van der Waals surface area contributed by atoms with Crippen LogP contribution >= 0.6 is 0 Å². The van der Waals surface area contributed by atoms with Gasteiger partial charge in [0, 0.05) is 11.6 Å². The molecule has 0 saturated heterocycles. The minimum Gasteiger partial charge on any atom is -0.504 e. The normalized spacial score (nSPS) is 10.7. The van der Waals surface area contributed by atoms with Gasteiger partial charge in [0.05, 0.1) is 6.61 Å². The first kappa shape index (κ1) is 12.2. The predicted octanol–water partition coefficient (Wildman–Crippen LogP) is 2.25. The highest BCUT2D eigenvalue weighted by molar-refractivity contribution is 5.87. The second-order valence-corrected chi connectivity index (χ2v) is 2.88. The Balaban J connectivity index is 2.90. The number of carbonyl (C=O) groups is 1. The van der Waals surface area contributed by atoms with Crippen LogP contribution in [0.5, 0.6) is 5.75 Å². The van der Waals surface area contributed by atoms with Crippen molar-refractivity contribution in [1.82, 2.24) is 0 Å². The fraction of sp³-hybridized carbons (Fsp3) is 0.182. The van der Waals surface area contributed by atoms with Gasteiger partial charge in [-0.3, -0.25) is 0 Å².